The fourth-order valence-corrected chi connectivity index (χ4v) is 5.28. The van der Waals surface area contributed by atoms with E-state index in [9.17, 15) is 23.1 Å². The molecule has 210 valence electrons. The van der Waals surface area contributed by atoms with Crippen molar-refractivity contribution >= 4 is 50.7 Å². The summed E-state index contributed by atoms with van der Waals surface area (Å²) in [6.45, 7) is -0.424. The topological polar surface area (TPSA) is 238 Å². The highest BCUT2D eigenvalue weighted by Crippen LogP contribution is 2.32. The van der Waals surface area contributed by atoms with E-state index in [1.165, 1.54) is 29.0 Å². The monoisotopic (exact) mass is 580 g/mol. The lowest BCUT2D eigenvalue weighted by atomic mass is 10.1. The van der Waals surface area contributed by atoms with Crippen LogP contribution >= 0.6 is 11.8 Å². The van der Waals surface area contributed by atoms with Crippen molar-refractivity contribution in [2.24, 2.45) is 5.73 Å². The number of thioether (sulfide) groups is 1. The molecule has 1 aliphatic rings. The number of aliphatic hydroxyl groups is 1. The van der Waals surface area contributed by atoms with Gasteiger partial charge in [-0.3, -0.25) is 18.7 Å². The minimum atomic E-state index is -4.33. The van der Waals surface area contributed by atoms with E-state index in [0.717, 1.165) is 5.56 Å². The summed E-state index contributed by atoms with van der Waals surface area (Å²) in [6.07, 6.45) is -1.65. The number of amides is 2. The van der Waals surface area contributed by atoms with Crippen LogP contribution in [0.15, 0.2) is 43.0 Å². The Balaban J connectivity index is 1.48. The molecule has 1 aromatic carbocycles. The van der Waals surface area contributed by atoms with Crippen molar-refractivity contribution in [3.63, 3.8) is 0 Å². The molecule has 0 radical (unpaired) electrons. The number of rotatable bonds is 11. The second-order valence-electron chi connectivity index (χ2n) is 8.74. The third-order valence-electron chi connectivity index (χ3n) is 5.91. The molecule has 0 spiro atoms. The molecule has 0 saturated carbocycles. The van der Waals surface area contributed by atoms with E-state index in [1.807, 2.05) is 30.3 Å². The number of nitrogens with one attached hydrogen (secondary N) is 2. The molecule has 8 N–H and O–H groups in total. The van der Waals surface area contributed by atoms with Gasteiger partial charge in [0.05, 0.1) is 24.2 Å². The summed E-state index contributed by atoms with van der Waals surface area (Å²) in [5, 5.41) is 16.1. The minimum Gasteiger partial charge on any atom is -0.386 e. The molecule has 0 aliphatic carbocycles. The fourth-order valence-electron chi connectivity index (χ4n) is 3.97. The van der Waals surface area contributed by atoms with Crippen molar-refractivity contribution in [3.8, 4) is 0 Å². The quantitative estimate of drug-likeness (QED) is 0.141. The van der Waals surface area contributed by atoms with Crippen LogP contribution in [0.25, 0.3) is 11.2 Å². The first kappa shape index (κ1) is 28.7. The Morgan fingerprint density at radius 2 is 1.95 bits per heavy atom. The van der Waals surface area contributed by atoms with Crippen LogP contribution in [0.4, 0.5) is 5.82 Å². The Kier molecular flexibility index (Phi) is 8.98. The molecule has 1 fully saturated rings. The van der Waals surface area contributed by atoms with Crippen molar-refractivity contribution < 1.29 is 32.4 Å². The molecule has 5 unspecified atom stereocenters. The predicted molar refractivity (Wildman–Crippen MR) is 142 cm³/mol. The summed E-state index contributed by atoms with van der Waals surface area (Å²) in [5.41, 5.74) is 13.4. The number of ether oxygens (including phenoxy) is 1. The van der Waals surface area contributed by atoms with Gasteiger partial charge in [0.1, 0.15) is 17.9 Å². The van der Waals surface area contributed by atoms with E-state index in [4.69, 9.17) is 20.8 Å². The number of anilines is 1. The van der Waals surface area contributed by atoms with Crippen LogP contribution in [0.1, 0.15) is 11.8 Å². The molecule has 1 aliphatic heterocycles. The zero-order valence-electron chi connectivity index (χ0n) is 20.5. The highest BCUT2D eigenvalue weighted by Gasteiger charge is 2.49. The first-order chi connectivity index (χ1) is 18.5. The lowest BCUT2D eigenvalue weighted by Crippen LogP contribution is -2.56. The maximum absolute atomic E-state index is 12.9. The highest BCUT2D eigenvalue weighted by molar-refractivity contribution is 7.98. The maximum Gasteiger partial charge on any atom is 0.266 e. The van der Waals surface area contributed by atoms with Crippen LogP contribution in [-0.2, 0) is 30.2 Å². The Hall–Kier alpha value is -3.35. The van der Waals surface area contributed by atoms with E-state index in [0.29, 0.717) is 5.75 Å². The summed E-state index contributed by atoms with van der Waals surface area (Å²) in [7, 11) is -4.33. The van der Waals surface area contributed by atoms with Crippen molar-refractivity contribution in [1.82, 2.24) is 30.2 Å². The molecule has 4 rings (SSSR count). The third kappa shape index (κ3) is 7.00. The molecule has 1 saturated heterocycles. The maximum atomic E-state index is 12.9. The second kappa shape index (κ2) is 12.2. The van der Waals surface area contributed by atoms with Gasteiger partial charge < -0.3 is 31.9 Å². The van der Waals surface area contributed by atoms with Gasteiger partial charge in [-0.05, 0) is 5.56 Å². The van der Waals surface area contributed by atoms with Crippen molar-refractivity contribution in [3.05, 3.63) is 48.5 Å². The lowest BCUT2D eigenvalue weighted by molar-refractivity contribution is -0.135. The first-order valence-corrected chi connectivity index (χ1v) is 14.5. The van der Waals surface area contributed by atoms with Gasteiger partial charge in [-0.15, -0.1) is 0 Å². The minimum absolute atomic E-state index is 0.0922. The van der Waals surface area contributed by atoms with E-state index in [1.54, 1.807) is 0 Å². The van der Waals surface area contributed by atoms with Crippen LogP contribution in [-0.4, -0.2) is 91.8 Å². The number of aliphatic hydroxyl groups excluding tert-OH is 1. The van der Waals surface area contributed by atoms with Crippen LogP contribution in [0.2, 0.25) is 0 Å². The molecule has 2 aromatic heterocycles. The van der Waals surface area contributed by atoms with Gasteiger partial charge in [-0.2, -0.15) is 20.2 Å². The molecule has 0 bridgehead atoms. The normalized spacial score (nSPS) is 22.0. The third-order valence-corrected chi connectivity index (χ3v) is 7.76. The number of carbonyl (C=O) groups excluding carboxylic acids is 2. The number of nitrogens with two attached hydrogens (primary N) is 2. The number of benzene rings is 1. The molecule has 15 nitrogen and oxygen atoms in total. The Labute approximate surface area is 227 Å². The van der Waals surface area contributed by atoms with Gasteiger partial charge in [-0.25, -0.2) is 15.0 Å². The van der Waals surface area contributed by atoms with Gasteiger partial charge in [-0.1, -0.05) is 30.3 Å². The van der Waals surface area contributed by atoms with Crippen LogP contribution in [0, 0.1) is 0 Å². The summed E-state index contributed by atoms with van der Waals surface area (Å²) in [5.74, 6) is -1.19. The SMILES string of the molecule is Nc1ncnc2c1ncn2C1OC(C(=O)NCCS(=O)(=O)O)C(NC(=O)C(N)CSCc2ccccc2)C1O. The highest BCUT2D eigenvalue weighted by atomic mass is 32.2. The fraction of sp³-hybridized carbons (Fsp3) is 0.409. The summed E-state index contributed by atoms with van der Waals surface area (Å²) in [6, 6.07) is 7.39. The average Bonchev–Trinajstić information content (AvgIpc) is 3.46. The number of nitrogens with zero attached hydrogens (tertiary/aromatic N) is 4. The van der Waals surface area contributed by atoms with Crippen molar-refractivity contribution in [1.29, 1.82) is 0 Å². The molecule has 17 heteroatoms. The zero-order chi connectivity index (χ0) is 28.2. The van der Waals surface area contributed by atoms with Crippen LogP contribution in [0.3, 0.4) is 0 Å². The number of carbonyl (C=O) groups is 2. The van der Waals surface area contributed by atoms with Gasteiger partial charge in [0, 0.05) is 18.1 Å². The average molecular weight is 581 g/mol. The zero-order valence-corrected chi connectivity index (χ0v) is 22.1. The van der Waals surface area contributed by atoms with Crippen LogP contribution in [0.5, 0.6) is 0 Å². The smallest absolute Gasteiger partial charge is 0.266 e. The van der Waals surface area contributed by atoms with Gasteiger partial charge in [0.15, 0.2) is 23.8 Å². The van der Waals surface area contributed by atoms with Gasteiger partial charge >= 0.3 is 0 Å². The molecular formula is C22H28N8O7S2. The van der Waals surface area contributed by atoms with E-state index in [-0.39, 0.29) is 22.7 Å². The standard InChI is InChI=1S/C22H28N8O7S2/c23-13(9-38-8-12-4-2-1-3-5-12)20(32)29-14-16(31)22(30-11-28-15-18(24)26-10-27-19(15)30)37-17(14)21(33)25-6-7-39(34,35)36/h1-5,10-11,13-14,16-17,22,31H,6-9,23H2,(H,25,33)(H,29,32)(H2,24,26,27)(H,34,35,36). The van der Waals surface area contributed by atoms with Crippen molar-refractivity contribution in [2.45, 2.75) is 36.3 Å². The Bertz CT molecular complexity index is 1420. The number of hydrogen-bond acceptors (Lipinski definition) is 12. The summed E-state index contributed by atoms with van der Waals surface area (Å²) in [4.78, 5) is 38.0. The molecule has 39 heavy (non-hydrogen) atoms. The Morgan fingerprint density at radius 3 is 2.67 bits per heavy atom. The van der Waals surface area contributed by atoms with Gasteiger partial charge in [0.2, 0.25) is 5.91 Å². The first-order valence-electron chi connectivity index (χ1n) is 11.7. The van der Waals surface area contributed by atoms with Crippen LogP contribution < -0.4 is 22.1 Å². The number of fused-ring (bicyclic) bond motifs is 1. The number of hydrogen-bond donors (Lipinski definition) is 6. The van der Waals surface area contributed by atoms with E-state index < -0.39 is 64.7 Å². The number of aromatic nitrogens is 4. The number of imidazole rings is 1. The van der Waals surface area contributed by atoms with E-state index >= 15 is 0 Å². The summed E-state index contributed by atoms with van der Waals surface area (Å²) < 4.78 is 38.2. The second-order valence-corrected chi connectivity index (χ2v) is 11.3. The molecule has 3 heterocycles. The molecule has 2 amide bonds. The predicted octanol–water partition coefficient (Wildman–Crippen LogP) is -1.58. The van der Waals surface area contributed by atoms with Gasteiger partial charge in [0.25, 0.3) is 16.0 Å². The Morgan fingerprint density at radius 1 is 1.21 bits per heavy atom. The molecule has 3 aromatic rings. The number of nitrogen functional groups attached to an aromatic ring is 1. The largest absolute Gasteiger partial charge is 0.386 e. The van der Waals surface area contributed by atoms with E-state index in [2.05, 4.69) is 25.6 Å². The molecule has 5 atom stereocenters. The molecular weight excluding hydrogens is 552 g/mol. The summed E-state index contributed by atoms with van der Waals surface area (Å²) >= 11 is 1.45. The lowest BCUT2D eigenvalue weighted by Gasteiger charge is -2.23. The van der Waals surface area contributed by atoms with Crippen molar-refractivity contribution in [2.75, 3.05) is 23.8 Å².